The van der Waals surface area contributed by atoms with Gasteiger partial charge in [-0.1, -0.05) is 12.1 Å². The average molecular weight is 455 g/mol. The molecule has 0 radical (unpaired) electrons. The molecule has 168 valence electrons. The Morgan fingerprint density at radius 1 is 1.12 bits per heavy atom. The molecule has 0 saturated heterocycles. The Morgan fingerprint density at radius 3 is 2.59 bits per heavy atom. The third-order valence-electron chi connectivity index (χ3n) is 5.25. The number of nitriles is 2. The van der Waals surface area contributed by atoms with E-state index in [9.17, 15) is 19.7 Å². The summed E-state index contributed by atoms with van der Waals surface area (Å²) in [6, 6.07) is 12.3. The van der Waals surface area contributed by atoms with Crippen molar-refractivity contribution in [2.75, 3.05) is 16.8 Å². The average Bonchev–Trinajstić information content (AvgIpc) is 2.80. The normalized spacial score (nSPS) is 11.6. The predicted octanol–water partition coefficient (Wildman–Crippen LogP) is 2.70. The summed E-state index contributed by atoms with van der Waals surface area (Å²) in [6.07, 6.45) is 0. The van der Waals surface area contributed by atoms with Gasteiger partial charge in [-0.3, -0.25) is 9.36 Å². The van der Waals surface area contributed by atoms with Crippen molar-refractivity contribution in [1.29, 1.82) is 10.5 Å². The molecule has 0 fully saturated rings. The molecule has 2 aromatic carbocycles. The predicted molar refractivity (Wildman–Crippen MR) is 124 cm³/mol. The van der Waals surface area contributed by atoms with E-state index in [1.807, 2.05) is 12.1 Å². The van der Waals surface area contributed by atoms with Gasteiger partial charge in [-0.05, 0) is 43.7 Å². The first-order valence-electron chi connectivity index (χ1n) is 10.1. The number of fused-ring (bicyclic) bond motifs is 1. The van der Waals surface area contributed by atoms with Gasteiger partial charge in [0.2, 0.25) is 5.95 Å². The maximum atomic E-state index is 14.7. The lowest BCUT2D eigenvalue weighted by Crippen LogP contribution is -2.28. The number of hydrogen-bond donors (Lipinski definition) is 3. The van der Waals surface area contributed by atoms with Crippen molar-refractivity contribution >= 4 is 28.5 Å². The van der Waals surface area contributed by atoms with E-state index in [0.717, 1.165) is 0 Å². The van der Waals surface area contributed by atoms with Crippen molar-refractivity contribution in [3.05, 3.63) is 75.1 Å². The highest BCUT2D eigenvalue weighted by Crippen LogP contribution is 2.26. The molecule has 2 heterocycles. The van der Waals surface area contributed by atoms with Crippen LogP contribution in [0.15, 0.2) is 41.2 Å². The molecule has 0 amide bonds. The zero-order valence-electron chi connectivity index (χ0n) is 18.2. The molecule has 34 heavy (non-hydrogen) atoms. The summed E-state index contributed by atoms with van der Waals surface area (Å²) in [4.78, 5) is 25.9. The van der Waals surface area contributed by atoms with Crippen LogP contribution in [-0.4, -0.2) is 19.5 Å². The summed E-state index contributed by atoms with van der Waals surface area (Å²) in [5, 5.41) is 21.9. The molecular formula is C23H18FN9O. The van der Waals surface area contributed by atoms with Gasteiger partial charge in [-0.25, -0.2) is 9.37 Å². The Hall–Kier alpha value is -5.03. The van der Waals surface area contributed by atoms with E-state index in [0.29, 0.717) is 16.8 Å². The van der Waals surface area contributed by atoms with Crippen LogP contribution in [0.5, 0.6) is 0 Å². The number of nitrogens with zero attached hydrogens (tertiary/aromatic N) is 6. The van der Waals surface area contributed by atoms with Crippen molar-refractivity contribution in [3.63, 3.8) is 0 Å². The number of aryl methyl sites for hydroxylation is 1. The maximum Gasteiger partial charge on any atom is 0.266 e. The number of hydrogen-bond acceptors (Lipinski definition) is 9. The second-order valence-electron chi connectivity index (χ2n) is 7.53. The van der Waals surface area contributed by atoms with Crippen LogP contribution in [0.2, 0.25) is 0 Å². The minimum atomic E-state index is -0.774. The standard InChI is InChI=1S/C23H18FN9O/c1-11-6-7-16(24)18-17(11)22(34)33(14-5-3-4-13(8-14)9-25)21(30-18)12(2)29-20-15(10-26)19(27)31-23(28)32-20/h3-8,12H,1-2H3,(H5,27,28,29,31,32)/t12-/m0/s1. The van der Waals surface area contributed by atoms with E-state index in [4.69, 9.17) is 11.5 Å². The van der Waals surface area contributed by atoms with E-state index in [2.05, 4.69) is 20.3 Å². The van der Waals surface area contributed by atoms with Gasteiger partial charge in [0.05, 0.1) is 28.7 Å². The number of aromatic nitrogens is 4. The molecule has 0 aliphatic carbocycles. The number of nitrogen functional groups attached to an aromatic ring is 2. The van der Waals surface area contributed by atoms with E-state index < -0.39 is 17.4 Å². The second kappa shape index (κ2) is 8.48. The third kappa shape index (κ3) is 3.72. The van der Waals surface area contributed by atoms with Crippen LogP contribution in [0.1, 0.15) is 35.5 Å². The Labute approximate surface area is 192 Å². The van der Waals surface area contributed by atoms with Crippen molar-refractivity contribution in [2.45, 2.75) is 19.9 Å². The fraction of sp³-hybridized carbons (Fsp3) is 0.130. The summed E-state index contributed by atoms with van der Waals surface area (Å²) in [5.74, 6) is -0.763. The van der Waals surface area contributed by atoms with Crippen LogP contribution in [0.4, 0.5) is 22.0 Å². The minimum Gasteiger partial charge on any atom is -0.382 e. The topological polar surface area (TPSA) is 172 Å². The highest BCUT2D eigenvalue weighted by molar-refractivity contribution is 5.82. The fourth-order valence-electron chi connectivity index (χ4n) is 3.66. The molecule has 5 N–H and O–H groups in total. The third-order valence-corrected chi connectivity index (χ3v) is 5.25. The van der Waals surface area contributed by atoms with Gasteiger partial charge in [0.25, 0.3) is 5.56 Å². The first kappa shape index (κ1) is 22.2. The summed E-state index contributed by atoms with van der Waals surface area (Å²) < 4.78 is 16.0. The van der Waals surface area contributed by atoms with Gasteiger partial charge < -0.3 is 16.8 Å². The Kier molecular flexibility index (Phi) is 5.53. The van der Waals surface area contributed by atoms with Crippen molar-refractivity contribution in [1.82, 2.24) is 19.5 Å². The van der Waals surface area contributed by atoms with Gasteiger partial charge in [0.15, 0.2) is 5.82 Å². The van der Waals surface area contributed by atoms with Crippen LogP contribution in [0.3, 0.4) is 0 Å². The first-order chi connectivity index (χ1) is 16.2. The van der Waals surface area contributed by atoms with Crippen molar-refractivity contribution in [3.8, 4) is 17.8 Å². The molecule has 0 saturated carbocycles. The lowest BCUT2D eigenvalue weighted by molar-refractivity contribution is 0.631. The monoisotopic (exact) mass is 455 g/mol. The number of nitrogens with one attached hydrogen (secondary N) is 1. The highest BCUT2D eigenvalue weighted by Gasteiger charge is 2.23. The lowest BCUT2D eigenvalue weighted by atomic mass is 10.1. The molecule has 10 nitrogen and oxygen atoms in total. The largest absolute Gasteiger partial charge is 0.382 e. The summed E-state index contributed by atoms with van der Waals surface area (Å²) >= 11 is 0. The zero-order valence-corrected chi connectivity index (χ0v) is 18.2. The maximum absolute atomic E-state index is 14.7. The Morgan fingerprint density at radius 2 is 1.88 bits per heavy atom. The molecule has 1 atom stereocenters. The number of benzene rings is 2. The molecule has 11 heteroatoms. The Balaban J connectivity index is 2.00. The molecule has 4 rings (SSSR count). The number of anilines is 3. The van der Waals surface area contributed by atoms with Crippen LogP contribution in [0.25, 0.3) is 16.6 Å². The molecule has 0 aliphatic rings. The Bertz CT molecular complexity index is 1600. The SMILES string of the molecule is Cc1ccc(F)c2nc([C@H](C)Nc3nc(N)nc(N)c3C#N)n(-c3cccc(C#N)c3)c(=O)c12. The summed E-state index contributed by atoms with van der Waals surface area (Å²) in [7, 11) is 0. The van der Waals surface area contributed by atoms with Gasteiger partial charge in [-0.2, -0.15) is 20.5 Å². The van der Waals surface area contributed by atoms with Crippen LogP contribution in [-0.2, 0) is 0 Å². The second-order valence-corrected chi connectivity index (χ2v) is 7.53. The quantitative estimate of drug-likeness (QED) is 0.418. The van der Waals surface area contributed by atoms with E-state index >= 15 is 0 Å². The molecule has 0 bridgehead atoms. The number of nitrogens with two attached hydrogens (primary N) is 2. The molecule has 2 aromatic heterocycles. The van der Waals surface area contributed by atoms with Gasteiger partial charge in [0.1, 0.15) is 34.6 Å². The minimum absolute atomic E-state index is 0.0377. The van der Waals surface area contributed by atoms with Crippen LogP contribution < -0.4 is 22.3 Å². The van der Waals surface area contributed by atoms with E-state index in [-0.39, 0.29) is 39.9 Å². The molecule has 0 aliphatic heterocycles. The zero-order chi connectivity index (χ0) is 24.6. The molecule has 0 spiro atoms. The number of rotatable bonds is 4. The number of halogens is 1. The van der Waals surface area contributed by atoms with E-state index in [1.165, 1.54) is 22.8 Å². The fourth-order valence-corrected chi connectivity index (χ4v) is 3.66. The smallest absolute Gasteiger partial charge is 0.266 e. The summed E-state index contributed by atoms with van der Waals surface area (Å²) in [5.41, 5.74) is 12.1. The van der Waals surface area contributed by atoms with Crippen molar-refractivity contribution in [2.24, 2.45) is 0 Å². The van der Waals surface area contributed by atoms with Crippen LogP contribution in [0, 0.1) is 35.4 Å². The van der Waals surface area contributed by atoms with Gasteiger partial charge >= 0.3 is 0 Å². The van der Waals surface area contributed by atoms with Gasteiger partial charge in [0, 0.05) is 0 Å². The highest BCUT2D eigenvalue weighted by atomic mass is 19.1. The lowest BCUT2D eigenvalue weighted by Gasteiger charge is -2.21. The van der Waals surface area contributed by atoms with Crippen molar-refractivity contribution < 1.29 is 4.39 Å². The first-order valence-corrected chi connectivity index (χ1v) is 10.1. The molecule has 4 aromatic rings. The van der Waals surface area contributed by atoms with Crippen LogP contribution >= 0.6 is 0 Å². The molecule has 0 unspecified atom stereocenters. The molecular weight excluding hydrogens is 437 g/mol. The van der Waals surface area contributed by atoms with E-state index in [1.54, 1.807) is 32.0 Å². The summed E-state index contributed by atoms with van der Waals surface area (Å²) in [6.45, 7) is 3.34. The van der Waals surface area contributed by atoms with Gasteiger partial charge in [-0.15, -0.1) is 0 Å².